The molecule has 0 unspecified atom stereocenters. The summed E-state index contributed by atoms with van der Waals surface area (Å²) in [6, 6.07) is 0. The van der Waals surface area contributed by atoms with Crippen LogP contribution in [0.3, 0.4) is 0 Å². The minimum absolute atomic E-state index is 0.208. The summed E-state index contributed by atoms with van der Waals surface area (Å²) in [6.45, 7) is 7.64. The zero-order chi connectivity index (χ0) is 9.30. The standard InChI is InChI=1S/C9H14N2O/c1-5(2)9-10-6(3)8(12)7(4)11-9/h5,12H,1-4H3. The number of nitrogens with zero attached hydrogens (tertiary/aromatic N) is 2. The summed E-state index contributed by atoms with van der Waals surface area (Å²) in [7, 11) is 0. The fraction of sp³-hybridized carbons (Fsp3) is 0.556. The molecule has 0 saturated carbocycles. The Morgan fingerprint density at radius 3 is 1.83 bits per heavy atom. The zero-order valence-corrected chi connectivity index (χ0v) is 7.92. The smallest absolute Gasteiger partial charge is 0.158 e. The minimum atomic E-state index is 0.208. The first-order valence-electron chi connectivity index (χ1n) is 4.06. The number of hydrogen-bond acceptors (Lipinski definition) is 3. The van der Waals surface area contributed by atoms with E-state index in [-0.39, 0.29) is 5.75 Å². The van der Waals surface area contributed by atoms with Crippen LogP contribution in [0.15, 0.2) is 0 Å². The highest BCUT2D eigenvalue weighted by atomic mass is 16.3. The number of hydrogen-bond donors (Lipinski definition) is 1. The Kier molecular flexibility index (Phi) is 2.31. The maximum absolute atomic E-state index is 9.39. The summed E-state index contributed by atoms with van der Waals surface area (Å²) >= 11 is 0. The third-order valence-electron chi connectivity index (χ3n) is 1.77. The van der Waals surface area contributed by atoms with Gasteiger partial charge in [-0.05, 0) is 13.8 Å². The van der Waals surface area contributed by atoms with Crippen LogP contribution >= 0.6 is 0 Å². The lowest BCUT2D eigenvalue weighted by molar-refractivity contribution is 0.456. The topological polar surface area (TPSA) is 46.0 Å². The minimum Gasteiger partial charge on any atom is -0.504 e. The first kappa shape index (κ1) is 8.97. The van der Waals surface area contributed by atoms with Crippen molar-refractivity contribution in [3.63, 3.8) is 0 Å². The number of aryl methyl sites for hydroxylation is 2. The van der Waals surface area contributed by atoms with E-state index in [1.807, 2.05) is 13.8 Å². The van der Waals surface area contributed by atoms with Gasteiger partial charge in [0, 0.05) is 5.92 Å². The highest BCUT2D eigenvalue weighted by molar-refractivity contribution is 5.29. The van der Waals surface area contributed by atoms with Crippen LogP contribution in [0.4, 0.5) is 0 Å². The van der Waals surface area contributed by atoms with Crippen molar-refractivity contribution in [1.29, 1.82) is 0 Å². The van der Waals surface area contributed by atoms with Gasteiger partial charge in [0.05, 0.1) is 11.4 Å². The molecule has 0 aliphatic carbocycles. The van der Waals surface area contributed by atoms with E-state index in [4.69, 9.17) is 0 Å². The van der Waals surface area contributed by atoms with Crippen LogP contribution in [0.1, 0.15) is 37.0 Å². The van der Waals surface area contributed by atoms with Crippen molar-refractivity contribution < 1.29 is 5.11 Å². The van der Waals surface area contributed by atoms with Gasteiger partial charge < -0.3 is 5.11 Å². The summed E-state index contributed by atoms with van der Waals surface area (Å²) < 4.78 is 0. The second-order valence-electron chi connectivity index (χ2n) is 3.26. The first-order chi connectivity index (χ1) is 5.52. The molecule has 1 aromatic rings. The molecule has 1 rings (SSSR count). The second kappa shape index (κ2) is 3.09. The molecular weight excluding hydrogens is 152 g/mol. The normalized spacial score (nSPS) is 10.8. The lowest BCUT2D eigenvalue weighted by Gasteiger charge is -2.07. The van der Waals surface area contributed by atoms with Gasteiger partial charge in [-0.3, -0.25) is 0 Å². The number of aromatic hydroxyl groups is 1. The van der Waals surface area contributed by atoms with E-state index in [2.05, 4.69) is 9.97 Å². The molecular formula is C9H14N2O. The predicted molar refractivity (Wildman–Crippen MR) is 47.3 cm³/mol. The molecule has 1 aromatic heterocycles. The molecule has 3 heteroatoms. The SMILES string of the molecule is Cc1nc(C(C)C)nc(C)c1O. The van der Waals surface area contributed by atoms with Gasteiger partial charge in [-0.1, -0.05) is 13.8 Å². The van der Waals surface area contributed by atoms with E-state index in [1.165, 1.54) is 0 Å². The molecule has 0 fully saturated rings. The van der Waals surface area contributed by atoms with E-state index in [0.717, 1.165) is 5.82 Å². The molecule has 1 N–H and O–H groups in total. The summed E-state index contributed by atoms with van der Waals surface area (Å²) in [5.41, 5.74) is 1.32. The van der Waals surface area contributed by atoms with Gasteiger partial charge in [0.1, 0.15) is 5.82 Å². The summed E-state index contributed by atoms with van der Waals surface area (Å²) in [5, 5.41) is 9.39. The lowest BCUT2D eigenvalue weighted by Crippen LogP contribution is -2.01. The molecule has 3 nitrogen and oxygen atoms in total. The average Bonchev–Trinajstić information content (AvgIpc) is 1.99. The highest BCUT2D eigenvalue weighted by Gasteiger charge is 2.08. The number of aromatic nitrogens is 2. The third-order valence-corrected chi connectivity index (χ3v) is 1.77. The van der Waals surface area contributed by atoms with E-state index in [1.54, 1.807) is 13.8 Å². The van der Waals surface area contributed by atoms with Crippen LogP contribution < -0.4 is 0 Å². The molecule has 0 aliphatic heterocycles. The van der Waals surface area contributed by atoms with Gasteiger partial charge in [-0.25, -0.2) is 9.97 Å². The second-order valence-corrected chi connectivity index (χ2v) is 3.26. The molecule has 0 bridgehead atoms. The molecule has 0 aliphatic rings. The zero-order valence-electron chi connectivity index (χ0n) is 7.92. The Balaban J connectivity index is 3.21. The monoisotopic (exact) mass is 166 g/mol. The van der Waals surface area contributed by atoms with Gasteiger partial charge in [0.15, 0.2) is 5.75 Å². The first-order valence-corrected chi connectivity index (χ1v) is 4.06. The fourth-order valence-corrected chi connectivity index (χ4v) is 0.995. The van der Waals surface area contributed by atoms with Crippen molar-refractivity contribution in [1.82, 2.24) is 9.97 Å². The Morgan fingerprint density at radius 1 is 1.08 bits per heavy atom. The summed E-state index contributed by atoms with van der Waals surface area (Å²) in [4.78, 5) is 8.34. The maximum Gasteiger partial charge on any atom is 0.158 e. The van der Waals surface area contributed by atoms with E-state index >= 15 is 0 Å². The van der Waals surface area contributed by atoms with Gasteiger partial charge in [0.2, 0.25) is 0 Å². The molecule has 0 atom stereocenters. The molecule has 1 heterocycles. The van der Waals surface area contributed by atoms with E-state index in [9.17, 15) is 5.11 Å². The molecule has 0 saturated heterocycles. The van der Waals surface area contributed by atoms with Crippen molar-refractivity contribution >= 4 is 0 Å². The molecule has 0 amide bonds. The molecule has 66 valence electrons. The van der Waals surface area contributed by atoms with Gasteiger partial charge >= 0.3 is 0 Å². The van der Waals surface area contributed by atoms with Crippen LogP contribution in [0.5, 0.6) is 5.75 Å². The maximum atomic E-state index is 9.39. The van der Waals surface area contributed by atoms with Crippen LogP contribution in [-0.4, -0.2) is 15.1 Å². The van der Waals surface area contributed by atoms with Gasteiger partial charge in [-0.15, -0.1) is 0 Å². The van der Waals surface area contributed by atoms with Crippen LogP contribution in [-0.2, 0) is 0 Å². The molecule has 0 radical (unpaired) electrons. The van der Waals surface area contributed by atoms with Crippen LogP contribution in [0.2, 0.25) is 0 Å². The Labute approximate surface area is 72.5 Å². The van der Waals surface area contributed by atoms with Crippen molar-refractivity contribution in [2.75, 3.05) is 0 Å². The summed E-state index contributed by atoms with van der Waals surface area (Å²) in [5.74, 6) is 1.31. The largest absolute Gasteiger partial charge is 0.504 e. The fourth-order valence-electron chi connectivity index (χ4n) is 0.995. The lowest BCUT2D eigenvalue weighted by atomic mass is 10.2. The summed E-state index contributed by atoms with van der Waals surface area (Å²) in [6.07, 6.45) is 0. The van der Waals surface area contributed by atoms with E-state index in [0.29, 0.717) is 17.3 Å². The van der Waals surface area contributed by atoms with Crippen molar-refractivity contribution in [3.05, 3.63) is 17.2 Å². The van der Waals surface area contributed by atoms with Crippen molar-refractivity contribution in [3.8, 4) is 5.75 Å². The Bertz CT molecular complexity index is 272. The highest BCUT2D eigenvalue weighted by Crippen LogP contribution is 2.19. The predicted octanol–water partition coefficient (Wildman–Crippen LogP) is 1.92. The molecule has 0 aromatic carbocycles. The average molecular weight is 166 g/mol. The van der Waals surface area contributed by atoms with Crippen molar-refractivity contribution in [2.45, 2.75) is 33.6 Å². The van der Waals surface area contributed by atoms with E-state index < -0.39 is 0 Å². The van der Waals surface area contributed by atoms with Crippen LogP contribution in [0, 0.1) is 13.8 Å². The van der Waals surface area contributed by atoms with Crippen molar-refractivity contribution in [2.24, 2.45) is 0 Å². The number of rotatable bonds is 1. The van der Waals surface area contributed by atoms with Gasteiger partial charge in [-0.2, -0.15) is 0 Å². The van der Waals surface area contributed by atoms with Crippen LogP contribution in [0.25, 0.3) is 0 Å². The molecule has 0 spiro atoms. The Morgan fingerprint density at radius 2 is 1.50 bits per heavy atom. The quantitative estimate of drug-likeness (QED) is 0.693. The third kappa shape index (κ3) is 1.55. The van der Waals surface area contributed by atoms with Gasteiger partial charge in [0.25, 0.3) is 0 Å². The Hall–Kier alpha value is -1.12. The molecule has 12 heavy (non-hydrogen) atoms.